The minimum absolute atomic E-state index is 0.439. The normalized spacial score (nSPS) is 8.73. The molecule has 3 nitrogen and oxygen atoms in total. The van der Waals surface area contributed by atoms with E-state index in [4.69, 9.17) is 11.2 Å². The summed E-state index contributed by atoms with van der Waals surface area (Å²) in [4.78, 5) is 4.50. The van der Waals surface area contributed by atoms with Gasteiger partial charge in [-0.1, -0.05) is 0 Å². The molecule has 52 valence electrons. The standard InChI is InChI=1S/C7H5N2O.Ga/c8-5-6-3-1-2-4-7(6)10-9;/h1,3-4H,9H2;. The first-order valence-electron chi connectivity index (χ1n) is 2.94. The molecule has 2 radical (unpaired) electrons. The van der Waals surface area contributed by atoms with Crippen LogP contribution in [0, 0.1) is 11.3 Å². The van der Waals surface area contributed by atoms with Crippen molar-refractivity contribution in [1.82, 2.24) is 0 Å². The molecule has 11 heavy (non-hydrogen) atoms. The third-order valence-corrected chi connectivity index (χ3v) is 2.01. The second kappa shape index (κ2) is 3.48. The van der Waals surface area contributed by atoms with Crippen molar-refractivity contribution in [3.8, 4) is 11.8 Å². The quantitative estimate of drug-likeness (QED) is 0.499. The van der Waals surface area contributed by atoms with Crippen molar-refractivity contribution in [1.29, 1.82) is 5.26 Å². The van der Waals surface area contributed by atoms with Gasteiger partial charge in [-0.15, -0.1) is 0 Å². The van der Waals surface area contributed by atoms with E-state index in [0.717, 1.165) is 4.12 Å². The van der Waals surface area contributed by atoms with Crippen molar-refractivity contribution >= 4 is 22.7 Å². The molecule has 0 aliphatic heterocycles. The van der Waals surface area contributed by atoms with Gasteiger partial charge in [0.1, 0.15) is 0 Å². The molecule has 1 aromatic rings. The van der Waals surface area contributed by atoms with Crippen LogP contribution in [0.5, 0.6) is 5.75 Å². The van der Waals surface area contributed by atoms with Crippen LogP contribution >= 0.6 is 0 Å². The number of hydrogen-bond acceptors (Lipinski definition) is 3. The van der Waals surface area contributed by atoms with Crippen LogP contribution in [-0.2, 0) is 0 Å². The zero-order chi connectivity index (χ0) is 8.27. The summed E-state index contributed by atoms with van der Waals surface area (Å²) in [5, 5.41) is 8.56. The van der Waals surface area contributed by atoms with Gasteiger partial charge in [0.05, 0.1) is 0 Å². The Kier molecular flexibility index (Phi) is 2.60. The fourth-order valence-corrected chi connectivity index (χ4v) is 1.25. The maximum absolute atomic E-state index is 8.56. The molecule has 1 aromatic carbocycles. The van der Waals surface area contributed by atoms with Crippen LogP contribution < -0.4 is 14.9 Å². The van der Waals surface area contributed by atoms with Crippen molar-refractivity contribution < 1.29 is 4.84 Å². The Morgan fingerprint density at radius 1 is 1.55 bits per heavy atom. The fourth-order valence-electron chi connectivity index (χ4n) is 0.729. The van der Waals surface area contributed by atoms with Gasteiger partial charge in [0, 0.05) is 0 Å². The molecule has 0 unspecified atom stereocenters. The van der Waals surface area contributed by atoms with E-state index < -0.39 is 0 Å². The predicted octanol–water partition coefficient (Wildman–Crippen LogP) is -0.395. The van der Waals surface area contributed by atoms with Gasteiger partial charge in [-0.2, -0.15) is 0 Å². The number of benzene rings is 1. The van der Waals surface area contributed by atoms with Gasteiger partial charge >= 0.3 is 74.3 Å². The van der Waals surface area contributed by atoms with E-state index >= 15 is 0 Å². The average molecular weight is 203 g/mol. The van der Waals surface area contributed by atoms with Crippen LogP contribution in [0.1, 0.15) is 5.56 Å². The first kappa shape index (κ1) is 8.21. The molecule has 1 rings (SSSR count). The van der Waals surface area contributed by atoms with Gasteiger partial charge < -0.3 is 0 Å². The molecule has 0 aromatic heterocycles. The van der Waals surface area contributed by atoms with Crippen molar-refractivity contribution in [3.63, 3.8) is 0 Å². The van der Waals surface area contributed by atoms with Crippen molar-refractivity contribution in [3.05, 3.63) is 23.8 Å². The SMILES string of the molecule is N#Cc1cc[c]([Ga])cc1ON. The van der Waals surface area contributed by atoms with Crippen molar-refractivity contribution in [2.75, 3.05) is 0 Å². The Morgan fingerprint density at radius 2 is 2.27 bits per heavy atom. The van der Waals surface area contributed by atoms with E-state index in [-0.39, 0.29) is 0 Å². The van der Waals surface area contributed by atoms with Crippen LogP contribution in [0.2, 0.25) is 0 Å². The molecule has 0 spiro atoms. The summed E-state index contributed by atoms with van der Waals surface area (Å²) in [6, 6.07) is 7.28. The zero-order valence-corrected chi connectivity index (χ0v) is 8.16. The average Bonchev–Trinajstić information content (AvgIpc) is 2.04. The molecule has 2 N–H and O–H groups in total. The molecule has 0 atom stereocenters. The molecule has 4 heteroatoms. The van der Waals surface area contributed by atoms with Gasteiger partial charge in [0.25, 0.3) is 0 Å². The Balaban J connectivity index is 3.19. The summed E-state index contributed by atoms with van der Waals surface area (Å²) in [6.07, 6.45) is 0. The predicted molar refractivity (Wildman–Crippen MR) is 41.4 cm³/mol. The fraction of sp³-hybridized carbons (Fsp3) is 0. The molecule has 0 aliphatic rings. The van der Waals surface area contributed by atoms with Crippen LogP contribution in [0.4, 0.5) is 0 Å². The molecule has 0 heterocycles. The van der Waals surface area contributed by atoms with Crippen LogP contribution in [0.25, 0.3) is 0 Å². The molecule has 0 saturated heterocycles. The number of rotatable bonds is 1. The van der Waals surface area contributed by atoms with Crippen molar-refractivity contribution in [2.24, 2.45) is 5.90 Å². The molecule has 0 amide bonds. The Bertz CT molecular complexity index is 306. The number of hydrogen-bond donors (Lipinski definition) is 1. The second-order valence-electron chi connectivity index (χ2n) is 1.99. The molecular formula is C7H5GaN2O. The first-order chi connectivity index (χ1) is 5.27. The minimum atomic E-state index is 0.439. The van der Waals surface area contributed by atoms with Crippen molar-refractivity contribution in [2.45, 2.75) is 0 Å². The van der Waals surface area contributed by atoms with Crippen LogP contribution in [0.3, 0.4) is 0 Å². The topological polar surface area (TPSA) is 59.0 Å². The molecule has 0 fully saturated rings. The van der Waals surface area contributed by atoms with E-state index in [1.807, 2.05) is 12.1 Å². The van der Waals surface area contributed by atoms with E-state index in [1.165, 1.54) is 18.6 Å². The summed E-state index contributed by atoms with van der Waals surface area (Å²) < 4.78 is 1.08. The van der Waals surface area contributed by atoms with Gasteiger partial charge in [-0.05, 0) is 0 Å². The first-order valence-corrected chi connectivity index (χ1v) is 4.15. The van der Waals surface area contributed by atoms with Gasteiger partial charge in [0.2, 0.25) is 0 Å². The zero-order valence-electron chi connectivity index (χ0n) is 5.74. The van der Waals surface area contributed by atoms with E-state index in [2.05, 4.69) is 4.84 Å². The molecule has 0 aliphatic carbocycles. The molecule has 0 bridgehead atoms. The Morgan fingerprint density at radius 3 is 2.82 bits per heavy atom. The molecule has 0 saturated carbocycles. The van der Waals surface area contributed by atoms with Gasteiger partial charge in [-0.3, -0.25) is 0 Å². The second-order valence-corrected chi connectivity index (χ2v) is 3.38. The Labute approximate surface area is 74.6 Å². The number of nitrogens with zero attached hydrogens (tertiary/aromatic N) is 1. The summed E-state index contributed by atoms with van der Waals surface area (Å²) >= 11 is 1.47. The van der Waals surface area contributed by atoms with E-state index in [1.54, 1.807) is 12.1 Å². The third kappa shape index (κ3) is 1.77. The summed E-state index contributed by atoms with van der Waals surface area (Å²) in [7, 11) is 0. The maximum atomic E-state index is 8.56. The Hall–Kier alpha value is -0.894. The number of nitrogens with two attached hydrogens (primary N) is 1. The summed E-state index contributed by atoms with van der Waals surface area (Å²) in [5.41, 5.74) is 0.467. The van der Waals surface area contributed by atoms with Gasteiger partial charge in [-0.25, -0.2) is 0 Å². The summed E-state index contributed by atoms with van der Waals surface area (Å²) in [5.74, 6) is 5.39. The molecular weight excluding hydrogens is 198 g/mol. The van der Waals surface area contributed by atoms with Crippen LogP contribution in [0.15, 0.2) is 18.2 Å². The van der Waals surface area contributed by atoms with Crippen LogP contribution in [-0.4, -0.2) is 18.6 Å². The monoisotopic (exact) mass is 202 g/mol. The summed E-state index contributed by atoms with van der Waals surface area (Å²) in [6.45, 7) is 0. The van der Waals surface area contributed by atoms with Gasteiger partial charge in [0.15, 0.2) is 0 Å². The van der Waals surface area contributed by atoms with E-state index in [9.17, 15) is 0 Å². The van der Waals surface area contributed by atoms with E-state index in [0.29, 0.717) is 11.3 Å². The number of nitriles is 1. The third-order valence-electron chi connectivity index (χ3n) is 1.25.